The Morgan fingerprint density at radius 1 is 0.923 bits per heavy atom. The summed E-state index contributed by atoms with van der Waals surface area (Å²) in [4.78, 5) is 30.0. The van der Waals surface area contributed by atoms with E-state index in [2.05, 4.69) is 4.98 Å². The van der Waals surface area contributed by atoms with Gasteiger partial charge in [-0.3, -0.25) is 14.3 Å². The molecule has 2 amide bonds. The van der Waals surface area contributed by atoms with Gasteiger partial charge in [-0.05, 0) is 50.8 Å². The highest BCUT2D eigenvalue weighted by Gasteiger charge is 2.31. The summed E-state index contributed by atoms with van der Waals surface area (Å²) in [5.74, 6) is -1.26. The van der Waals surface area contributed by atoms with Crippen molar-refractivity contribution in [3.63, 3.8) is 0 Å². The molecule has 39 heavy (non-hydrogen) atoms. The molecule has 3 heterocycles. The van der Waals surface area contributed by atoms with Crippen molar-refractivity contribution >= 4 is 32.7 Å². The summed E-state index contributed by atoms with van der Waals surface area (Å²) in [6.07, 6.45) is 1.35. The normalized spacial score (nSPS) is 15.0. The molecule has 0 bridgehead atoms. The van der Waals surface area contributed by atoms with Crippen LogP contribution in [0.2, 0.25) is 0 Å². The Hall–Kier alpha value is -4.09. The summed E-state index contributed by atoms with van der Waals surface area (Å²) in [7, 11) is -3.53. The van der Waals surface area contributed by atoms with E-state index in [1.807, 2.05) is 11.6 Å². The highest BCUT2D eigenvalue weighted by Crippen LogP contribution is 2.36. The van der Waals surface area contributed by atoms with Crippen LogP contribution in [0.5, 0.6) is 0 Å². The number of piperidine rings is 1. The topological polar surface area (TPSA) is 154 Å². The van der Waals surface area contributed by atoms with E-state index in [1.54, 1.807) is 61.5 Å². The number of carbonyl (C=O) groups is 2. The number of nitrogens with zero attached hydrogens (tertiary/aromatic N) is 4. The second kappa shape index (κ2) is 10.2. The molecule has 5 rings (SSSR count). The van der Waals surface area contributed by atoms with Crippen LogP contribution in [-0.2, 0) is 16.6 Å². The number of hydrogen-bond acceptors (Lipinski definition) is 6. The standard InChI is InChI=1S/C28H30N6O4S/c1-17-23(25-24(27(29)35)21-10-6-7-11-22(21)31-26(25)28(30)36)18(2)34(32-17)16-19-12-14-33(15-13-19)39(37,38)20-8-4-3-5-9-20/h3-11,19H,12-16H2,1-2H3,(H2,29,35)(H2,30,36). The second-order valence-electron chi connectivity index (χ2n) is 9.84. The molecule has 4 N–H and O–H groups in total. The Balaban J connectivity index is 1.46. The van der Waals surface area contributed by atoms with E-state index in [4.69, 9.17) is 16.6 Å². The van der Waals surface area contributed by atoms with Crippen molar-refractivity contribution < 1.29 is 18.0 Å². The van der Waals surface area contributed by atoms with Crippen LogP contribution in [-0.4, -0.2) is 52.4 Å². The van der Waals surface area contributed by atoms with E-state index in [0.717, 1.165) is 5.69 Å². The lowest BCUT2D eigenvalue weighted by Gasteiger charge is -2.31. The Morgan fingerprint density at radius 2 is 1.56 bits per heavy atom. The molecule has 0 spiro atoms. The van der Waals surface area contributed by atoms with Crippen LogP contribution >= 0.6 is 0 Å². The maximum atomic E-state index is 13.0. The van der Waals surface area contributed by atoms with E-state index >= 15 is 0 Å². The number of hydrogen-bond donors (Lipinski definition) is 2. The van der Waals surface area contributed by atoms with Crippen molar-refractivity contribution in [2.45, 2.75) is 38.1 Å². The van der Waals surface area contributed by atoms with Gasteiger partial charge < -0.3 is 11.5 Å². The number of pyridine rings is 1. The number of nitrogens with two attached hydrogens (primary N) is 2. The van der Waals surface area contributed by atoms with Crippen LogP contribution < -0.4 is 11.5 Å². The second-order valence-corrected chi connectivity index (χ2v) is 11.8. The van der Waals surface area contributed by atoms with E-state index in [1.165, 1.54) is 4.31 Å². The predicted molar refractivity (Wildman–Crippen MR) is 147 cm³/mol. The number of amides is 2. The molecular weight excluding hydrogens is 516 g/mol. The van der Waals surface area contributed by atoms with Gasteiger partial charge in [-0.25, -0.2) is 13.4 Å². The van der Waals surface area contributed by atoms with Gasteiger partial charge in [-0.2, -0.15) is 9.40 Å². The van der Waals surface area contributed by atoms with Crippen LogP contribution in [0.1, 0.15) is 45.1 Å². The van der Waals surface area contributed by atoms with Crippen LogP contribution in [0.3, 0.4) is 0 Å². The third-order valence-electron chi connectivity index (χ3n) is 7.39. The fraction of sp³-hybridized carbons (Fsp3) is 0.286. The molecule has 4 aromatic rings. The van der Waals surface area contributed by atoms with Gasteiger partial charge in [0.25, 0.3) is 5.91 Å². The highest BCUT2D eigenvalue weighted by atomic mass is 32.2. The minimum Gasteiger partial charge on any atom is -0.366 e. The molecule has 0 radical (unpaired) electrons. The molecule has 1 fully saturated rings. The first kappa shape index (κ1) is 26.5. The van der Waals surface area contributed by atoms with Crippen LogP contribution in [0.15, 0.2) is 59.5 Å². The quantitative estimate of drug-likeness (QED) is 0.363. The fourth-order valence-corrected chi connectivity index (χ4v) is 6.94. The lowest BCUT2D eigenvalue weighted by Crippen LogP contribution is -2.39. The zero-order valence-electron chi connectivity index (χ0n) is 21.8. The Kier molecular flexibility index (Phi) is 6.96. The molecule has 1 aliphatic rings. The number of sulfonamides is 1. The van der Waals surface area contributed by atoms with Gasteiger partial charge in [0.15, 0.2) is 0 Å². The first-order valence-corrected chi connectivity index (χ1v) is 14.2. The average molecular weight is 547 g/mol. The summed E-state index contributed by atoms with van der Waals surface area (Å²) in [5, 5.41) is 5.26. The maximum absolute atomic E-state index is 13.0. The first-order chi connectivity index (χ1) is 18.6. The number of rotatable bonds is 7. The Labute approximate surface area is 226 Å². The number of fused-ring (bicyclic) bond motifs is 1. The monoisotopic (exact) mass is 546 g/mol. The number of para-hydroxylation sites is 1. The van der Waals surface area contributed by atoms with E-state index < -0.39 is 21.8 Å². The molecular formula is C28H30N6O4S. The molecule has 10 nitrogen and oxygen atoms in total. The molecule has 0 saturated carbocycles. The zero-order chi connectivity index (χ0) is 27.9. The van der Waals surface area contributed by atoms with Gasteiger partial charge >= 0.3 is 0 Å². The number of benzene rings is 2. The van der Waals surface area contributed by atoms with Crippen molar-refractivity contribution in [3.8, 4) is 11.1 Å². The van der Waals surface area contributed by atoms with Crippen molar-refractivity contribution in [3.05, 3.63) is 77.2 Å². The van der Waals surface area contributed by atoms with Gasteiger partial charge in [0.1, 0.15) is 5.69 Å². The lowest BCUT2D eigenvalue weighted by molar-refractivity contribution is 0.0996. The summed E-state index contributed by atoms with van der Waals surface area (Å²) >= 11 is 0. The number of primary amides is 2. The van der Waals surface area contributed by atoms with Crippen LogP contribution in [0, 0.1) is 19.8 Å². The summed E-state index contributed by atoms with van der Waals surface area (Å²) in [6.45, 7) is 5.07. The molecule has 0 unspecified atom stereocenters. The molecule has 2 aromatic heterocycles. The van der Waals surface area contributed by atoms with E-state index in [-0.39, 0.29) is 17.2 Å². The van der Waals surface area contributed by atoms with Gasteiger partial charge in [0, 0.05) is 41.8 Å². The first-order valence-electron chi connectivity index (χ1n) is 12.7. The summed E-state index contributed by atoms with van der Waals surface area (Å²) < 4.78 is 29.4. The van der Waals surface area contributed by atoms with Crippen LogP contribution in [0.4, 0.5) is 0 Å². The predicted octanol–water partition coefficient (Wildman–Crippen LogP) is 3.01. The number of aromatic nitrogens is 3. The van der Waals surface area contributed by atoms with E-state index in [0.29, 0.717) is 65.1 Å². The number of aryl methyl sites for hydroxylation is 1. The zero-order valence-corrected chi connectivity index (χ0v) is 22.6. The molecule has 11 heteroatoms. The third-order valence-corrected chi connectivity index (χ3v) is 9.30. The molecule has 2 aromatic carbocycles. The summed E-state index contributed by atoms with van der Waals surface area (Å²) in [5.41, 5.74) is 14.4. The van der Waals surface area contributed by atoms with Gasteiger partial charge in [0.2, 0.25) is 15.9 Å². The smallest absolute Gasteiger partial charge is 0.267 e. The van der Waals surface area contributed by atoms with Gasteiger partial charge in [0.05, 0.1) is 21.7 Å². The molecule has 0 atom stereocenters. The fourth-order valence-electron chi connectivity index (χ4n) is 5.44. The lowest BCUT2D eigenvalue weighted by atomic mass is 9.92. The van der Waals surface area contributed by atoms with Gasteiger partial charge in [-0.1, -0.05) is 36.4 Å². The highest BCUT2D eigenvalue weighted by molar-refractivity contribution is 7.89. The van der Waals surface area contributed by atoms with E-state index in [9.17, 15) is 18.0 Å². The largest absolute Gasteiger partial charge is 0.366 e. The number of carbonyl (C=O) groups excluding carboxylic acids is 2. The SMILES string of the molecule is Cc1nn(CC2CCN(S(=O)(=O)c3ccccc3)CC2)c(C)c1-c1c(C(N)=O)nc2ccccc2c1C(N)=O. The minimum atomic E-state index is -3.53. The van der Waals surface area contributed by atoms with Gasteiger partial charge in [-0.15, -0.1) is 0 Å². The molecule has 0 aliphatic carbocycles. The van der Waals surface area contributed by atoms with Crippen LogP contribution in [0.25, 0.3) is 22.0 Å². The van der Waals surface area contributed by atoms with Crippen molar-refractivity contribution in [1.29, 1.82) is 0 Å². The maximum Gasteiger partial charge on any atom is 0.267 e. The Bertz CT molecular complexity index is 1690. The minimum absolute atomic E-state index is 0.0346. The van der Waals surface area contributed by atoms with Crippen molar-refractivity contribution in [2.75, 3.05) is 13.1 Å². The molecule has 1 aliphatic heterocycles. The summed E-state index contributed by atoms with van der Waals surface area (Å²) in [6, 6.07) is 15.4. The van der Waals surface area contributed by atoms with Crippen molar-refractivity contribution in [2.24, 2.45) is 17.4 Å². The molecule has 202 valence electrons. The Morgan fingerprint density at radius 3 is 2.21 bits per heavy atom. The van der Waals surface area contributed by atoms with Crippen molar-refractivity contribution in [1.82, 2.24) is 19.1 Å². The third kappa shape index (κ3) is 4.79. The average Bonchev–Trinajstić information content (AvgIpc) is 3.20. The molecule has 1 saturated heterocycles.